The number of likely N-dealkylation sites (tertiary alicyclic amines) is 1. The minimum absolute atomic E-state index is 0.419. The number of rotatable bonds is 7. The van der Waals surface area contributed by atoms with Crippen molar-refractivity contribution in [2.45, 2.75) is 56.7 Å². The van der Waals surface area contributed by atoms with E-state index < -0.39 is 11.5 Å². The van der Waals surface area contributed by atoms with Gasteiger partial charge >= 0.3 is 5.97 Å². The first kappa shape index (κ1) is 15.7. The highest BCUT2D eigenvalue weighted by molar-refractivity contribution is 5.78. The van der Waals surface area contributed by atoms with Crippen LogP contribution in [-0.2, 0) is 4.79 Å². The van der Waals surface area contributed by atoms with Gasteiger partial charge < -0.3 is 14.9 Å². The Balaban J connectivity index is 1.83. The van der Waals surface area contributed by atoms with E-state index in [-0.39, 0.29) is 0 Å². The molecule has 1 aliphatic carbocycles. The van der Waals surface area contributed by atoms with Gasteiger partial charge in [-0.25, -0.2) is 0 Å². The number of nitrogens with one attached hydrogen (secondary N) is 1. The van der Waals surface area contributed by atoms with Gasteiger partial charge in [-0.05, 0) is 59.7 Å². The Bertz CT molecular complexity index is 346. The van der Waals surface area contributed by atoms with E-state index in [4.69, 9.17) is 0 Å². The van der Waals surface area contributed by atoms with Crippen LogP contribution in [0.3, 0.4) is 0 Å². The van der Waals surface area contributed by atoms with Gasteiger partial charge in [-0.2, -0.15) is 0 Å². The van der Waals surface area contributed by atoms with E-state index in [2.05, 4.69) is 29.2 Å². The monoisotopic (exact) mass is 283 g/mol. The summed E-state index contributed by atoms with van der Waals surface area (Å²) in [5.41, 5.74) is -0.782. The Morgan fingerprint density at radius 2 is 2.15 bits per heavy atom. The molecule has 2 aliphatic rings. The summed E-state index contributed by atoms with van der Waals surface area (Å²) >= 11 is 0. The van der Waals surface area contributed by atoms with Crippen LogP contribution in [0.2, 0.25) is 0 Å². The number of carbonyl (C=O) groups is 1. The zero-order valence-corrected chi connectivity index (χ0v) is 13.1. The first-order valence-corrected chi connectivity index (χ1v) is 7.80. The maximum atomic E-state index is 11.5. The highest BCUT2D eigenvalue weighted by Gasteiger charge is 2.38. The molecule has 5 heteroatoms. The molecule has 2 rings (SSSR count). The Kier molecular flexibility index (Phi) is 5.04. The van der Waals surface area contributed by atoms with Crippen molar-refractivity contribution in [1.82, 2.24) is 15.1 Å². The van der Waals surface area contributed by atoms with E-state index in [0.29, 0.717) is 18.5 Å². The largest absolute Gasteiger partial charge is 0.480 e. The zero-order chi connectivity index (χ0) is 14.8. The second kappa shape index (κ2) is 6.41. The highest BCUT2D eigenvalue weighted by Crippen LogP contribution is 2.25. The van der Waals surface area contributed by atoms with E-state index in [1.165, 1.54) is 19.4 Å². The second-order valence-corrected chi connectivity index (χ2v) is 6.84. The number of hydrogen-bond acceptors (Lipinski definition) is 4. The molecule has 20 heavy (non-hydrogen) atoms. The van der Waals surface area contributed by atoms with E-state index in [1.54, 1.807) is 0 Å². The fourth-order valence-electron chi connectivity index (χ4n) is 3.00. The van der Waals surface area contributed by atoms with Crippen LogP contribution in [0, 0.1) is 0 Å². The van der Waals surface area contributed by atoms with Crippen LogP contribution in [0.25, 0.3) is 0 Å². The SMILES string of the molecule is CN1CCCC(N(C)CCC(C)(NC2CC2)C(=O)O)C1. The lowest BCUT2D eigenvalue weighted by molar-refractivity contribution is -0.144. The van der Waals surface area contributed by atoms with Crippen molar-refractivity contribution in [2.75, 3.05) is 33.7 Å². The molecular formula is C15H29N3O2. The van der Waals surface area contributed by atoms with Gasteiger partial charge in [0.25, 0.3) is 0 Å². The molecule has 1 saturated heterocycles. The Labute approximate surface area is 122 Å². The molecule has 2 atom stereocenters. The van der Waals surface area contributed by atoms with Crippen molar-refractivity contribution < 1.29 is 9.90 Å². The van der Waals surface area contributed by atoms with Crippen LogP contribution in [0.1, 0.15) is 39.0 Å². The molecule has 2 fully saturated rings. The van der Waals surface area contributed by atoms with Gasteiger partial charge in [0.15, 0.2) is 0 Å². The number of hydrogen-bond donors (Lipinski definition) is 2. The molecule has 0 bridgehead atoms. The molecule has 0 spiro atoms. The van der Waals surface area contributed by atoms with Gasteiger partial charge in [0, 0.05) is 25.2 Å². The smallest absolute Gasteiger partial charge is 0.323 e. The fourth-order valence-corrected chi connectivity index (χ4v) is 3.00. The van der Waals surface area contributed by atoms with Gasteiger partial charge in [-0.15, -0.1) is 0 Å². The summed E-state index contributed by atoms with van der Waals surface area (Å²) in [6.07, 6.45) is 5.36. The van der Waals surface area contributed by atoms with Crippen LogP contribution >= 0.6 is 0 Å². The summed E-state index contributed by atoms with van der Waals surface area (Å²) in [4.78, 5) is 16.2. The molecule has 0 aromatic heterocycles. The summed E-state index contributed by atoms with van der Waals surface area (Å²) in [5, 5.41) is 12.8. The quantitative estimate of drug-likeness (QED) is 0.730. The summed E-state index contributed by atoms with van der Waals surface area (Å²) in [6.45, 7) is 4.94. The molecule has 0 aromatic carbocycles. The molecule has 1 heterocycles. The molecule has 116 valence electrons. The van der Waals surface area contributed by atoms with Crippen molar-refractivity contribution in [3.05, 3.63) is 0 Å². The van der Waals surface area contributed by atoms with Gasteiger partial charge in [0.05, 0.1) is 0 Å². The second-order valence-electron chi connectivity index (χ2n) is 6.84. The van der Waals surface area contributed by atoms with Crippen molar-refractivity contribution in [2.24, 2.45) is 0 Å². The van der Waals surface area contributed by atoms with Crippen LogP contribution < -0.4 is 5.32 Å². The third-order valence-corrected chi connectivity index (χ3v) is 4.76. The predicted octanol–water partition coefficient (Wildman–Crippen LogP) is 0.998. The number of carboxylic acid groups (broad SMARTS) is 1. The number of nitrogens with zero attached hydrogens (tertiary/aromatic N) is 2. The third kappa shape index (κ3) is 4.17. The van der Waals surface area contributed by atoms with Crippen LogP contribution in [-0.4, -0.2) is 72.2 Å². The van der Waals surface area contributed by atoms with Gasteiger partial charge in [-0.1, -0.05) is 0 Å². The van der Waals surface area contributed by atoms with Crippen molar-refractivity contribution in [3.8, 4) is 0 Å². The number of piperidine rings is 1. The minimum atomic E-state index is -0.782. The van der Waals surface area contributed by atoms with Crippen molar-refractivity contribution in [3.63, 3.8) is 0 Å². The fraction of sp³-hybridized carbons (Fsp3) is 0.933. The third-order valence-electron chi connectivity index (χ3n) is 4.76. The molecule has 0 radical (unpaired) electrons. The summed E-state index contributed by atoms with van der Waals surface area (Å²) < 4.78 is 0. The van der Waals surface area contributed by atoms with Crippen LogP contribution in [0.4, 0.5) is 0 Å². The van der Waals surface area contributed by atoms with Gasteiger partial charge in [-0.3, -0.25) is 10.1 Å². The van der Waals surface area contributed by atoms with Gasteiger partial charge in [0.2, 0.25) is 0 Å². The average Bonchev–Trinajstić information content (AvgIpc) is 3.19. The van der Waals surface area contributed by atoms with E-state index >= 15 is 0 Å². The Hall–Kier alpha value is -0.650. The molecule has 5 nitrogen and oxygen atoms in total. The summed E-state index contributed by atoms with van der Waals surface area (Å²) in [7, 11) is 4.29. The maximum Gasteiger partial charge on any atom is 0.323 e. The number of likely N-dealkylation sites (N-methyl/N-ethyl adjacent to an activating group) is 2. The molecule has 0 aromatic rings. The van der Waals surface area contributed by atoms with E-state index in [9.17, 15) is 9.90 Å². The molecule has 0 amide bonds. The highest BCUT2D eigenvalue weighted by atomic mass is 16.4. The summed E-state index contributed by atoms with van der Waals surface area (Å²) in [5.74, 6) is -0.724. The van der Waals surface area contributed by atoms with Gasteiger partial charge in [0.1, 0.15) is 5.54 Å². The molecule has 2 unspecified atom stereocenters. The Morgan fingerprint density at radius 3 is 2.70 bits per heavy atom. The normalized spacial score (nSPS) is 27.5. The minimum Gasteiger partial charge on any atom is -0.480 e. The van der Waals surface area contributed by atoms with Crippen LogP contribution in [0.5, 0.6) is 0 Å². The zero-order valence-electron chi connectivity index (χ0n) is 13.1. The lowest BCUT2D eigenvalue weighted by Crippen LogP contribution is -2.53. The van der Waals surface area contributed by atoms with Crippen LogP contribution in [0.15, 0.2) is 0 Å². The van der Waals surface area contributed by atoms with E-state index in [1.807, 2.05) is 6.92 Å². The number of aliphatic carboxylic acids is 1. The number of carboxylic acids is 1. The topological polar surface area (TPSA) is 55.8 Å². The van der Waals surface area contributed by atoms with E-state index in [0.717, 1.165) is 25.9 Å². The van der Waals surface area contributed by atoms with Crippen molar-refractivity contribution in [1.29, 1.82) is 0 Å². The molecule has 1 saturated carbocycles. The molecular weight excluding hydrogens is 254 g/mol. The predicted molar refractivity (Wildman–Crippen MR) is 80.0 cm³/mol. The Morgan fingerprint density at radius 1 is 1.45 bits per heavy atom. The standard InChI is InChI=1S/C15H29N3O2/c1-15(14(19)20,16-12-6-7-12)8-10-18(3)13-5-4-9-17(2)11-13/h12-13,16H,4-11H2,1-3H3,(H,19,20). The molecule has 2 N–H and O–H groups in total. The summed E-state index contributed by atoms with van der Waals surface area (Å²) in [6, 6.07) is 0.981. The first-order valence-electron chi connectivity index (χ1n) is 7.80. The molecule has 1 aliphatic heterocycles. The van der Waals surface area contributed by atoms with Crippen molar-refractivity contribution >= 4 is 5.97 Å². The first-order chi connectivity index (χ1) is 9.40. The average molecular weight is 283 g/mol. The lowest BCUT2D eigenvalue weighted by atomic mass is 9.96. The maximum absolute atomic E-state index is 11.5. The lowest BCUT2D eigenvalue weighted by Gasteiger charge is -2.37.